The molecule has 1 aromatic heterocycles. The van der Waals surface area contributed by atoms with Gasteiger partial charge in [0.05, 0.1) is 10.2 Å². The van der Waals surface area contributed by atoms with Crippen LogP contribution in [0.1, 0.15) is 30.6 Å². The van der Waals surface area contributed by atoms with Gasteiger partial charge in [-0.15, -0.1) is 11.3 Å². The number of rotatable bonds is 2. The second-order valence-electron chi connectivity index (χ2n) is 5.13. The zero-order chi connectivity index (χ0) is 14.9. The molecule has 0 saturated carbocycles. The quantitative estimate of drug-likeness (QED) is 0.886. The zero-order valence-electron chi connectivity index (χ0n) is 11.3. The first-order valence-electron chi connectivity index (χ1n) is 5.88. The van der Waals surface area contributed by atoms with E-state index in [9.17, 15) is 9.59 Å². The SMILES string of the molecule is CC(C)(C)OC(=O)Nc1ccc2sc(C(=O)O)nc2c1. The third-order valence-electron chi connectivity index (χ3n) is 2.22. The van der Waals surface area contributed by atoms with Crippen LogP contribution in [-0.4, -0.2) is 27.8 Å². The third kappa shape index (κ3) is 3.45. The van der Waals surface area contributed by atoms with E-state index in [0.717, 1.165) is 16.0 Å². The van der Waals surface area contributed by atoms with E-state index in [1.54, 1.807) is 39.0 Å². The van der Waals surface area contributed by atoms with E-state index in [0.29, 0.717) is 11.2 Å². The summed E-state index contributed by atoms with van der Waals surface area (Å²) in [6, 6.07) is 5.00. The van der Waals surface area contributed by atoms with Crippen molar-refractivity contribution in [3.05, 3.63) is 23.2 Å². The molecule has 0 bridgehead atoms. The van der Waals surface area contributed by atoms with Gasteiger partial charge in [-0.25, -0.2) is 14.6 Å². The van der Waals surface area contributed by atoms with E-state index in [2.05, 4.69) is 10.3 Å². The van der Waals surface area contributed by atoms with E-state index >= 15 is 0 Å². The maximum Gasteiger partial charge on any atom is 0.412 e. The van der Waals surface area contributed by atoms with E-state index in [1.165, 1.54) is 0 Å². The van der Waals surface area contributed by atoms with E-state index in [-0.39, 0.29) is 5.01 Å². The van der Waals surface area contributed by atoms with Gasteiger partial charge in [-0.3, -0.25) is 5.32 Å². The molecule has 106 valence electrons. The number of aromatic nitrogens is 1. The number of nitrogens with one attached hydrogen (secondary N) is 1. The zero-order valence-corrected chi connectivity index (χ0v) is 12.1. The molecule has 1 amide bonds. The highest BCUT2D eigenvalue weighted by atomic mass is 32.1. The van der Waals surface area contributed by atoms with Crippen LogP contribution in [0, 0.1) is 0 Å². The highest BCUT2D eigenvalue weighted by Crippen LogP contribution is 2.25. The Labute approximate surface area is 119 Å². The van der Waals surface area contributed by atoms with Gasteiger partial charge in [0.15, 0.2) is 0 Å². The van der Waals surface area contributed by atoms with Crippen LogP contribution in [0.3, 0.4) is 0 Å². The number of thiazole rings is 1. The van der Waals surface area contributed by atoms with Gasteiger partial charge in [-0.2, -0.15) is 0 Å². The highest BCUT2D eigenvalue weighted by Gasteiger charge is 2.17. The minimum atomic E-state index is -1.06. The van der Waals surface area contributed by atoms with Gasteiger partial charge in [0, 0.05) is 5.69 Å². The second kappa shape index (κ2) is 5.09. The lowest BCUT2D eigenvalue weighted by molar-refractivity contribution is 0.0634. The average molecular weight is 294 g/mol. The van der Waals surface area contributed by atoms with Crippen LogP contribution in [0.15, 0.2) is 18.2 Å². The van der Waals surface area contributed by atoms with Gasteiger partial charge in [-0.05, 0) is 39.0 Å². The van der Waals surface area contributed by atoms with Crippen molar-refractivity contribution in [3.63, 3.8) is 0 Å². The van der Waals surface area contributed by atoms with Crippen molar-refractivity contribution in [3.8, 4) is 0 Å². The van der Waals surface area contributed by atoms with Crippen molar-refractivity contribution in [2.75, 3.05) is 5.32 Å². The van der Waals surface area contributed by atoms with Crippen LogP contribution in [0.25, 0.3) is 10.2 Å². The summed E-state index contributed by atoms with van der Waals surface area (Å²) >= 11 is 1.09. The van der Waals surface area contributed by atoms with Crippen LogP contribution in [-0.2, 0) is 4.74 Å². The Morgan fingerprint density at radius 2 is 2.05 bits per heavy atom. The number of nitrogens with zero attached hydrogens (tertiary/aromatic N) is 1. The predicted molar refractivity (Wildman–Crippen MR) is 76.4 cm³/mol. The standard InChI is InChI=1S/C13H14N2O4S/c1-13(2,3)19-12(18)14-7-4-5-9-8(6-7)15-10(20-9)11(16)17/h4-6H,1-3H3,(H,14,18)(H,16,17). The van der Waals surface area contributed by atoms with Gasteiger partial charge in [0.1, 0.15) is 5.60 Å². The van der Waals surface area contributed by atoms with Crippen molar-refractivity contribution < 1.29 is 19.4 Å². The molecule has 1 aromatic carbocycles. The molecule has 2 aromatic rings. The second-order valence-corrected chi connectivity index (χ2v) is 6.16. The summed E-state index contributed by atoms with van der Waals surface area (Å²) < 4.78 is 5.88. The fourth-order valence-corrected chi connectivity index (χ4v) is 2.30. The molecule has 0 aliphatic carbocycles. The molecule has 2 rings (SSSR count). The van der Waals surface area contributed by atoms with E-state index in [4.69, 9.17) is 9.84 Å². The fourth-order valence-electron chi connectivity index (χ4n) is 1.52. The molecule has 0 fully saturated rings. The molecule has 0 saturated heterocycles. The first-order chi connectivity index (χ1) is 9.24. The Bertz CT molecular complexity index is 673. The van der Waals surface area contributed by atoms with Gasteiger partial charge in [0.2, 0.25) is 5.01 Å². The normalized spacial score (nSPS) is 11.3. The maximum absolute atomic E-state index is 11.6. The summed E-state index contributed by atoms with van der Waals surface area (Å²) in [5.74, 6) is -1.06. The van der Waals surface area contributed by atoms with Crippen molar-refractivity contribution in [1.29, 1.82) is 0 Å². The molecule has 7 heteroatoms. The summed E-state index contributed by atoms with van der Waals surface area (Å²) in [7, 11) is 0. The van der Waals surface area contributed by atoms with E-state index < -0.39 is 17.7 Å². The smallest absolute Gasteiger partial charge is 0.412 e. The number of hydrogen-bond acceptors (Lipinski definition) is 5. The molecular weight excluding hydrogens is 280 g/mol. The minimum Gasteiger partial charge on any atom is -0.476 e. The molecule has 0 unspecified atom stereocenters. The van der Waals surface area contributed by atoms with Gasteiger partial charge >= 0.3 is 12.1 Å². The van der Waals surface area contributed by atoms with Crippen LogP contribution < -0.4 is 5.32 Å². The molecule has 0 spiro atoms. The van der Waals surface area contributed by atoms with Crippen LogP contribution >= 0.6 is 11.3 Å². The summed E-state index contributed by atoms with van der Waals surface area (Å²) in [6.45, 7) is 5.32. The Hall–Kier alpha value is -2.15. The lowest BCUT2D eigenvalue weighted by Gasteiger charge is -2.19. The number of carbonyl (C=O) groups is 2. The Morgan fingerprint density at radius 3 is 2.65 bits per heavy atom. The number of benzene rings is 1. The lowest BCUT2D eigenvalue weighted by atomic mass is 10.2. The Balaban J connectivity index is 2.19. The third-order valence-corrected chi connectivity index (χ3v) is 3.24. The van der Waals surface area contributed by atoms with E-state index in [1.807, 2.05) is 0 Å². The summed E-state index contributed by atoms with van der Waals surface area (Å²) in [5.41, 5.74) is 0.459. The summed E-state index contributed by atoms with van der Waals surface area (Å²) in [5, 5.41) is 11.5. The van der Waals surface area contributed by atoms with Crippen molar-refractivity contribution >= 4 is 39.3 Å². The van der Waals surface area contributed by atoms with Crippen LogP contribution in [0.4, 0.5) is 10.5 Å². The number of carboxylic acid groups (broad SMARTS) is 1. The van der Waals surface area contributed by atoms with Gasteiger partial charge < -0.3 is 9.84 Å². The molecule has 0 atom stereocenters. The summed E-state index contributed by atoms with van der Waals surface area (Å²) in [4.78, 5) is 26.5. The van der Waals surface area contributed by atoms with Crippen molar-refractivity contribution in [2.45, 2.75) is 26.4 Å². The average Bonchev–Trinajstić information content (AvgIpc) is 2.69. The molecule has 1 heterocycles. The van der Waals surface area contributed by atoms with Gasteiger partial charge in [0.25, 0.3) is 0 Å². The number of fused-ring (bicyclic) bond motifs is 1. The number of carbonyl (C=O) groups excluding carboxylic acids is 1. The van der Waals surface area contributed by atoms with Crippen LogP contribution in [0.2, 0.25) is 0 Å². The molecule has 0 radical (unpaired) electrons. The lowest BCUT2D eigenvalue weighted by Crippen LogP contribution is -2.27. The predicted octanol–water partition coefficient (Wildman–Crippen LogP) is 3.34. The number of aromatic carboxylic acids is 1. The van der Waals surface area contributed by atoms with Crippen LogP contribution in [0.5, 0.6) is 0 Å². The molecular formula is C13H14N2O4S. The van der Waals surface area contributed by atoms with Crippen molar-refractivity contribution in [2.24, 2.45) is 0 Å². The van der Waals surface area contributed by atoms with Gasteiger partial charge in [-0.1, -0.05) is 0 Å². The largest absolute Gasteiger partial charge is 0.476 e. The fraction of sp³-hybridized carbons (Fsp3) is 0.308. The Kier molecular flexibility index (Phi) is 3.63. The molecule has 2 N–H and O–H groups in total. The molecule has 6 nitrogen and oxygen atoms in total. The summed E-state index contributed by atoms with van der Waals surface area (Å²) in [6.07, 6.45) is -0.564. The minimum absolute atomic E-state index is 0.0226. The Morgan fingerprint density at radius 1 is 1.35 bits per heavy atom. The number of carboxylic acids is 1. The number of amides is 1. The monoisotopic (exact) mass is 294 g/mol. The molecule has 20 heavy (non-hydrogen) atoms. The number of anilines is 1. The van der Waals surface area contributed by atoms with Crippen molar-refractivity contribution in [1.82, 2.24) is 4.98 Å². The number of ether oxygens (including phenoxy) is 1. The molecule has 0 aliphatic rings. The first-order valence-corrected chi connectivity index (χ1v) is 6.70. The highest BCUT2D eigenvalue weighted by molar-refractivity contribution is 7.20. The first kappa shape index (κ1) is 14.3. The maximum atomic E-state index is 11.6. The topological polar surface area (TPSA) is 88.5 Å². The number of hydrogen-bond donors (Lipinski definition) is 2. The molecule has 0 aliphatic heterocycles.